The van der Waals surface area contributed by atoms with Gasteiger partial charge in [-0.25, -0.2) is 0 Å². The topological polar surface area (TPSA) is 57.3 Å². The van der Waals surface area contributed by atoms with E-state index < -0.39 is 0 Å². The van der Waals surface area contributed by atoms with Crippen molar-refractivity contribution in [3.8, 4) is 0 Å². The van der Waals surface area contributed by atoms with Crippen molar-refractivity contribution >= 4 is 34.8 Å². The Labute approximate surface area is 151 Å². The maximum atomic E-state index is 12.5. The first-order chi connectivity index (χ1) is 11.6. The van der Waals surface area contributed by atoms with Gasteiger partial charge in [0.25, 0.3) is 0 Å². The molecule has 1 aromatic carbocycles. The van der Waals surface area contributed by atoms with Gasteiger partial charge in [0.05, 0.1) is 22.3 Å². The van der Waals surface area contributed by atoms with Crippen LogP contribution in [0.15, 0.2) is 42.7 Å². The molecule has 0 aliphatic carbocycles. The molecule has 1 unspecified atom stereocenters. The summed E-state index contributed by atoms with van der Waals surface area (Å²) in [6, 6.07) is 9.19. The number of hydrogen-bond acceptors (Lipinski definition) is 4. The van der Waals surface area contributed by atoms with Crippen LogP contribution in [0.25, 0.3) is 0 Å². The van der Waals surface area contributed by atoms with Crippen LogP contribution in [0.1, 0.15) is 11.6 Å². The monoisotopic (exact) mass is 364 g/mol. The first-order valence-electron chi connectivity index (χ1n) is 7.73. The molecule has 1 amide bonds. The molecule has 5 nitrogen and oxygen atoms in total. The van der Waals surface area contributed by atoms with Gasteiger partial charge < -0.3 is 10.6 Å². The number of nitrogens with one attached hydrogen (secondary N) is 2. The molecule has 1 aromatic heterocycles. The third-order valence-corrected chi connectivity index (χ3v) is 4.63. The summed E-state index contributed by atoms with van der Waals surface area (Å²) in [4.78, 5) is 18.8. The summed E-state index contributed by atoms with van der Waals surface area (Å²) in [5.74, 6) is -0.138. The van der Waals surface area contributed by atoms with E-state index in [9.17, 15) is 4.79 Å². The smallest absolute Gasteiger partial charge is 0.238 e. The lowest BCUT2D eigenvalue weighted by atomic mass is 10.1. The third kappa shape index (κ3) is 4.05. The van der Waals surface area contributed by atoms with Crippen molar-refractivity contribution in [1.82, 2.24) is 15.2 Å². The number of aromatic nitrogens is 1. The van der Waals surface area contributed by atoms with E-state index in [1.807, 2.05) is 18.3 Å². The normalized spacial score (nSPS) is 18.3. The van der Waals surface area contributed by atoms with Crippen LogP contribution in [0.5, 0.6) is 0 Å². The molecule has 1 fully saturated rings. The van der Waals surface area contributed by atoms with Crippen LogP contribution in [0.4, 0.5) is 5.69 Å². The summed E-state index contributed by atoms with van der Waals surface area (Å²) < 4.78 is 0. The van der Waals surface area contributed by atoms with Gasteiger partial charge in [-0.1, -0.05) is 35.3 Å². The number of pyridine rings is 1. The molecule has 2 heterocycles. The zero-order chi connectivity index (χ0) is 16.9. The van der Waals surface area contributed by atoms with E-state index in [2.05, 4.69) is 20.5 Å². The predicted molar refractivity (Wildman–Crippen MR) is 96.5 cm³/mol. The van der Waals surface area contributed by atoms with Gasteiger partial charge >= 0.3 is 0 Å². The highest BCUT2D eigenvalue weighted by molar-refractivity contribution is 6.39. The minimum atomic E-state index is -0.138. The molecular formula is C17H18Cl2N4O. The van der Waals surface area contributed by atoms with Gasteiger partial charge in [-0.3, -0.25) is 14.7 Å². The Hall–Kier alpha value is -1.66. The van der Waals surface area contributed by atoms with Crippen LogP contribution in [-0.4, -0.2) is 42.0 Å². The molecule has 0 spiro atoms. The lowest BCUT2D eigenvalue weighted by Crippen LogP contribution is -2.48. The van der Waals surface area contributed by atoms with Gasteiger partial charge in [0, 0.05) is 38.1 Å². The standard InChI is InChI=1S/C17H18Cl2N4O/c18-13-4-1-5-14(19)17(13)22-16(24)11-23-8-7-21-10-15(23)12-3-2-6-20-9-12/h1-6,9,15,21H,7-8,10-11H2,(H,22,24). The number of benzene rings is 1. The molecule has 2 aromatic rings. The Morgan fingerprint density at radius 3 is 2.79 bits per heavy atom. The van der Waals surface area contributed by atoms with E-state index in [0.717, 1.165) is 25.2 Å². The van der Waals surface area contributed by atoms with Crippen molar-refractivity contribution in [2.45, 2.75) is 6.04 Å². The molecule has 2 N–H and O–H groups in total. The van der Waals surface area contributed by atoms with E-state index in [-0.39, 0.29) is 18.5 Å². The average Bonchev–Trinajstić information content (AvgIpc) is 2.60. The second-order valence-corrected chi connectivity index (χ2v) is 6.44. The second-order valence-electron chi connectivity index (χ2n) is 5.62. The number of carbonyl (C=O) groups excluding carboxylic acids is 1. The van der Waals surface area contributed by atoms with E-state index >= 15 is 0 Å². The summed E-state index contributed by atoms with van der Waals surface area (Å²) in [6.07, 6.45) is 3.59. The minimum Gasteiger partial charge on any atom is -0.322 e. The molecule has 1 aliphatic rings. The van der Waals surface area contributed by atoms with Crippen molar-refractivity contribution in [1.29, 1.82) is 0 Å². The van der Waals surface area contributed by atoms with Crippen LogP contribution in [0, 0.1) is 0 Å². The molecule has 1 saturated heterocycles. The van der Waals surface area contributed by atoms with Crippen molar-refractivity contribution in [3.05, 3.63) is 58.3 Å². The molecule has 24 heavy (non-hydrogen) atoms. The van der Waals surface area contributed by atoms with Crippen LogP contribution in [0.3, 0.4) is 0 Å². The fourth-order valence-corrected chi connectivity index (χ4v) is 3.31. The quantitative estimate of drug-likeness (QED) is 0.875. The van der Waals surface area contributed by atoms with Crippen LogP contribution in [-0.2, 0) is 4.79 Å². The van der Waals surface area contributed by atoms with Gasteiger partial charge in [-0.2, -0.15) is 0 Å². The summed E-state index contributed by atoms with van der Waals surface area (Å²) in [6.45, 7) is 2.68. The molecule has 1 atom stereocenters. The number of hydrogen-bond donors (Lipinski definition) is 2. The van der Waals surface area contributed by atoms with Crippen molar-refractivity contribution in [3.63, 3.8) is 0 Å². The number of rotatable bonds is 4. The lowest BCUT2D eigenvalue weighted by molar-refractivity contribution is -0.118. The minimum absolute atomic E-state index is 0.111. The fourth-order valence-electron chi connectivity index (χ4n) is 2.82. The van der Waals surface area contributed by atoms with Gasteiger partial charge in [-0.05, 0) is 23.8 Å². The Balaban J connectivity index is 1.70. The molecule has 0 radical (unpaired) electrons. The Kier molecular flexibility index (Phi) is 5.68. The van der Waals surface area contributed by atoms with Gasteiger partial charge in [0.15, 0.2) is 0 Å². The SMILES string of the molecule is O=C(CN1CCNCC1c1cccnc1)Nc1c(Cl)cccc1Cl. The molecule has 7 heteroatoms. The van der Waals surface area contributed by atoms with Gasteiger partial charge in [0.2, 0.25) is 5.91 Å². The van der Waals surface area contributed by atoms with Crippen LogP contribution < -0.4 is 10.6 Å². The number of piperazine rings is 1. The molecule has 1 aliphatic heterocycles. The number of anilines is 1. The molecular weight excluding hydrogens is 347 g/mol. The van der Waals surface area contributed by atoms with E-state index in [1.165, 1.54) is 0 Å². The summed E-state index contributed by atoms with van der Waals surface area (Å²) in [5.41, 5.74) is 1.55. The molecule has 3 rings (SSSR count). The predicted octanol–water partition coefficient (Wildman–Crippen LogP) is 2.97. The summed E-state index contributed by atoms with van der Waals surface area (Å²) in [7, 11) is 0. The third-order valence-electron chi connectivity index (χ3n) is 4.00. The number of amides is 1. The number of nitrogens with zero attached hydrogens (tertiary/aromatic N) is 2. The summed E-state index contributed by atoms with van der Waals surface area (Å²) >= 11 is 12.2. The molecule has 126 valence electrons. The van der Waals surface area contributed by atoms with Gasteiger partial charge in [0.1, 0.15) is 0 Å². The first kappa shape index (κ1) is 17.2. The number of carbonyl (C=O) groups is 1. The number of para-hydroxylation sites is 1. The highest BCUT2D eigenvalue weighted by atomic mass is 35.5. The second kappa shape index (κ2) is 7.94. The van der Waals surface area contributed by atoms with E-state index in [0.29, 0.717) is 15.7 Å². The van der Waals surface area contributed by atoms with Crippen molar-refractivity contribution < 1.29 is 4.79 Å². The Bertz CT molecular complexity index is 691. The average molecular weight is 365 g/mol. The van der Waals surface area contributed by atoms with Crippen LogP contribution >= 0.6 is 23.2 Å². The maximum absolute atomic E-state index is 12.5. The largest absolute Gasteiger partial charge is 0.322 e. The Morgan fingerprint density at radius 2 is 2.08 bits per heavy atom. The van der Waals surface area contributed by atoms with Crippen molar-refractivity contribution in [2.75, 3.05) is 31.5 Å². The highest BCUT2D eigenvalue weighted by Crippen LogP contribution is 2.30. The fraction of sp³-hybridized carbons (Fsp3) is 0.294. The summed E-state index contributed by atoms with van der Waals surface area (Å²) in [5, 5.41) is 7.04. The zero-order valence-corrected chi connectivity index (χ0v) is 14.5. The van der Waals surface area contributed by atoms with Gasteiger partial charge in [-0.15, -0.1) is 0 Å². The maximum Gasteiger partial charge on any atom is 0.238 e. The lowest BCUT2D eigenvalue weighted by Gasteiger charge is -2.35. The van der Waals surface area contributed by atoms with Crippen molar-refractivity contribution in [2.24, 2.45) is 0 Å². The van der Waals surface area contributed by atoms with E-state index in [4.69, 9.17) is 23.2 Å². The number of halogens is 2. The van der Waals surface area contributed by atoms with Crippen LogP contribution in [0.2, 0.25) is 10.0 Å². The Morgan fingerprint density at radius 1 is 1.29 bits per heavy atom. The molecule has 0 saturated carbocycles. The van der Waals surface area contributed by atoms with E-state index in [1.54, 1.807) is 24.4 Å². The first-order valence-corrected chi connectivity index (χ1v) is 8.49. The molecule has 0 bridgehead atoms. The highest BCUT2D eigenvalue weighted by Gasteiger charge is 2.26. The zero-order valence-electron chi connectivity index (χ0n) is 13.0.